The largest absolute Gasteiger partial charge is 0.363 e. The lowest BCUT2D eigenvalue weighted by molar-refractivity contribution is -0.122. The van der Waals surface area contributed by atoms with Crippen LogP contribution in [0.15, 0.2) is 72.8 Å². The highest BCUT2D eigenvalue weighted by atomic mass is 35.5. The van der Waals surface area contributed by atoms with Crippen LogP contribution in [0.4, 0.5) is 15.8 Å². The Morgan fingerprint density at radius 3 is 2.69 bits per heavy atom. The minimum absolute atomic E-state index is 0.0281. The van der Waals surface area contributed by atoms with Gasteiger partial charge in [0.05, 0.1) is 6.04 Å². The van der Waals surface area contributed by atoms with Crippen LogP contribution in [0.25, 0.3) is 0 Å². The van der Waals surface area contributed by atoms with Crippen LogP contribution in [0.5, 0.6) is 0 Å². The van der Waals surface area contributed by atoms with Gasteiger partial charge in [0, 0.05) is 22.9 Å². The van der Waals surface area contributed by atoms with Gasteiger partial charge in [0.25, 0.3) is 0 Å². The molecule has 0 aliphatic carbocycles. The molecule has 3 aromatic carbocycles. The van der Waals surface area contributed by atoms with Crippen LogP contribution in [0.2, 0.25) is 5.02 Å². The van der Waals surface area contributed by atoms with E-state index in [0.717, 1.165) is 35.5 Å². The van der Waals surface area contributed by atoms with Gasteiger partial charge in [0.2, 0.25) is 5.91 Å². The van der Waals surface area contributed by atoms with Crippen LogP contribution in [-0.4, -0.2) is 12.5 Å². The average Bonchev–Trinajstić information content (AvgIpc) is 3.00. The number of benzene rings is 3. The van der Waals surface area contributed by atoms with E-state index in [1.807, 2.05) is 54.6 Å². The highest BCUT2D eigenvalue weighted by Crippen LogP contribution is 2.54. The molecular weight excluding hydrogens is 387 g/mol. The number of hydrogen-bond donors (Lipinski definition) is 1. The van der Waals surface area contributed by atoms with Crippen molar-refractivity contribution in [1.29, 1.82) is 0 Å². The second kappa shape index (κ2) is 6.89. The molecule has 146 valence electrons. The van der Waals surface area contributed by atoms with Crippen LogP contribution < -0.4 is 10.2 Å². The number of halogens is 2. The molecule has 0 bridgehead atoms. The second-order valence-electron chi connectivity index (χ2n) is 7.71. The molecule has 3 nitrogen and oxygen atoms in total. The first kappa shape index (κ1) is 18.2. The van der Waals surface area contributed by atoms with E-state index >= 15 is 0 Å². The predicted octanol–water partition coefficient (Wildman–Crippen LogP) is 5.71. The van der Waals surface area contributed by atoms with Crippen molar-refractivity contribution in [3.05, 3.63) is 94.8 Å². The smallest absolute Gasteiger partial charge is 0.237 e. The molecular formula is C24H20ClFN2O. The van der Waals surface area contributed by atoms with Crippen molar-refractivity contribution < 1.29 is 9.18 Å². The van der Waals surface area contributed by atoms with Crippen molar-refractivity contribution >= 4 is 28.9 Å². The molecule has 1 spiro atoms. The number of carbonyl (C=O) groups excluding carboxylic acids is 1. The van der Waals surface area contributed by atoms with E-state index in [1.54, 1.807) is 12.1 Å². The lowest BCUT2D eigenvalue weighted by Crippen LogP contribution is -2.52. The number of hydrogen-bond acceptors (Lipinski definition) is 2. The van der Waals surface area contributed by atoms with E-state index in [9.17, 15) is 9.18 Å². The number of anilines is 2. The van der Waals surface area contributed by atoms with Crippen molar-refractivity contribution in [3.8, 4) is 0 Å². The van der Waals surface area contributed by atoms with E-state index < -0.39 is 5.41 Å². The Kier molecular flexibility index (Phi) is 4.32. The number of amides is 1. The molecule has 1 amide bonds. The molecule has 2 aliphatic rings. The number of rotatable bonds is 2. The average molecular weight is 407 g/mol. The third kappa shape index (κ3) is 2.82. The van der Waals surface area contributed by atoms with E-state index in [1.165, 1.54) is 6.07 Å². The quantitative estimate of drug-likeness (QED) is 0.591. The Bertz CT molecular complexity index is 1100. The highest BCUT2D eigenvalue weighted by molar-refractivity contribution is 6.30. The zero-order chi connectivity index (χ0) is 20.0. The first-order valence-electron chi connectivity index (χ1n) is 9.78. The molecule has 2 heterocycles. The normalized spacial score (nSPS) is 23.2. The summed E-state index contributed by atoms with van der Waals surface area (Å²) in [5, 5.41) is 3.71. The maximum absolute atomic E-state index is 14.2. The van der Waals surface area contributed by atoms with E-state index in [-0.39, 0.29) is 17.8 Å². The zero-order valence-corrected chi connectivity index (χ0v) is 16.5. The summed E-state index contributed by atoms with van der Waals surface area (Å²) >= 11 is 6.28. The number of nitrogens with zero attached hydrogens (tertiary/aromatic N) is 1. The summed E-state index contributed by atoms with van der Waals surface area (Å²) in [6.45, 7) is 0.763. The Labute approximate surface area is 174 Å². The predicted molar refractivity (Wildman–Crippen MR) is 114 cm³/mol. The van der Waals surface area contributed by atoms with Crippen molar-refractivity contribution in [1.82, 2.24) is 0 Å². The van der Waals surface area contributed by atoms with Gasteiger partial charge >= 0.3 is 0 Å². The molecule has 3 aromatic rings. The Morgan fingerprint density at radius 1 is 1.03 bits per heavy atom. The topological polar surface area (TPSA) is 32.3 Å². The molecule has 0 saturated carbocycles. The van der Waals surface area contributed by atoms with Gasteiger partial charge in [-0.05, 0) is 60.4 Å². The lowest BCUT2D eigenvalue weighted by atomic mass is 9.66. The van der Waals surface area contributed by atoms with Gasteiger partial charge in [-0.2, -0.15) is 0 Å². The summed E-state index contributed by atoms with van der Waals surface area (Å²) in [5.41, 5.74) is 2.75. The molecule has 29 heavy (non-hydrogen) atoms. The molecule has 2 unspecified atom stereocenters. The van der Waals surface area contributed by atoms with Gasteiger partial charge in [0.15, 0.2) is 0 Å². The first-order chi connectivity index (χ1) is 14.1. The molecule has 2 atom stereocenters. The van der Waals surface area contributed by atoms with Crippen LogP contribution in [0.3, 0.4) is 0 Å². The number of nitrogens with one attached hydrogen (secondary N) is 1. The van der Waals surface area contributed by atoms with Crippen molar-refractivity contribution in [2.45, 2.75) is 24.3 Å². The van der Waals surface area contributed by atoms with Gasteiger partial charge in [-0.25, -0.2) is 4.39 Å². The summed E-state index contributed by atoms with van der Waals surface area (Å²) < 4.78 is 14.2. The molecule has 0 aromatic heterocycles. The van der Waals surface area contributed by atoms with Crippen molar-refractivity contribution in [3.63, 3.8) is 0 Å². The zero-order valence-electron chi connectivity index (χ0n) is 15.7. The number of carbonyl (C=O) groups is 1. The second-order valence-corrected chi connectivity index (χ2v) is 8.14. The van der Waals surface area contributed by atoms with Gasteiger partial charge in [-0.1, -0.05) is 48.0 Å². The van der Waals surface area contributed by atoms with E-state index in [0.29, 0.717) is 11.4 Å². The number of piperidine rings is 1. The SMILES string of the molecule is O=C1Nc2ccccc2C12CCCN(c1cccc(Cl)c1)C2c1cccc(F)c1. The van der Waals surface area contributed by atoms with E-state index in [2.05, 4.69) is 10.2 Å². The van der Waals surface area contributed by atoms with Crippen molar-refractivity contribution in [2.24, 2.45) is 0 Å². The summed E-state index contributed by atoms with van der Waals surface area (Å²) in [7, 11) is 0. The fraction of sp³-hybridized carbons (Fsp3) is 0.208. The maximum Gasteiger partial charge on any atom is 0.237 e. The summed E-state index contributed by atoms with van der Waals surface area (Å²) in [4.78, 5) is 15.7. The van der Waals surface area contributed by atoms with Gasteiger partial charge in [-0.15, -0.1) is 0 Å². The Balaban J connectivity index is 1.75. The fourth-order valence-electron chi connectivity index (χ4n) is 4.99. The van der Waals surface area contributed by atoms with Gasteiger partial charge in [-0.3, -0.25) is 4.79 Å². The monoisotopic (exact) mass is 406 g/mol. The molecule has 5 heteroatoms. The highest BCUT2D eigenvalue weighted by Gasteiger charge is 2.56. The van der Waals surface area contributed by atoms with Crippen molar-refractivity contribution in [2.75, 3.05) is 16.8 Å². The first-order valence-corrected chi connectivity index (χ1v) is 10.2. The van der Waals surface area contributed by atoms with Crippen LogP contribution in [0, 0.1) is 5.82 Å². The summed E-state index contributed by atoms with van der Waals surface area (Å²) in [5.74, 6) is -0.333. The lowest BCUT2D eigenvalue weighted by Gasteiger charge is -2.48. The summed E-state index contributed by atoms with van der Waals surface area (Å²) in [6.07, 6.45) is 1.55. The standard InChI is InChI=1S/C24H20ClFN2O/c25-17-7-4-9-19(15-17)28-13-5-12-24(22(28)16-6-3-8-18(26)14-16)20-10-1-2-11-21(20)27-23(24)29/h1-4,6-11,14-15,22H,5,12-13H2,(H,27,29). The molecule has 2 aliphatic heterocycles. The van der Waals surface area contributed by atoms with Gasteiger partial charge in [0.1, 0.15) is 11.2 Å². The number of fused-ring (bicyclic) bond motifs is 2. The van der Waals surface area contributed by atoms with Crippen LogP contribution >= 0.6 is 11.6 Å². The molecule has 5 rings (SSSR count). The molecule has 1 N–H and O–H groups in total. The summed E-state index contributed by atoms with van der Waals surface area (Å²) in [6, 6.07) is 21.7. The minimum Gasteiger partial charge on any atom is -0.363 e. The Hall–Kier alpha value is -2.85. The molecule has 1 saturated heterocycles. The van der Waals surface area contributed by atoms with Crippen LogP contribution in [-0.2, 0) is 10.2 Å². The molecule has 0 radical (unpaired) electrons. The molecule has 1 fully saturated rings. The third-order valence-electron chi connectivity index (χ3n) is 6.11. The van der Waals surface area contributed by atoms with Gasteiger partial charge < -0.3 is 10.2 Å². The maximum atomic E-state index is 14.2. The number of para-hydroxylation sites is 1. The fourth-order valence-corrected chi connectivity index (χ4v) is 5.18. The minimum atomic E-state index is -0.787. The third-order valence-corrected chi connectivity index (χ3v) is 6.35. The van der Waals surface area contributed by atoms with Crippen LogP contribution in [0.1, 0.15) is 30.0 Å². The van der Waals surface area contributed by atoms with E-state index in [4.69, 9.17) is 11.6 Å². The Morgan fingerprint density at radius 2 is 1.86 bits per heavy atom.